The van der Waals surface area contributed by atoms with Crippen molar-refractivity contribution in [3.05, 3.63) is 0 Å². The van der Waals surface area contributed by atoms with Crippen LogP contribution in [0.1, 0.15) is 27.2 Å². The Bertz CT molecular complexity index is 256. The van der Waals surface area contributed by atoms with E-state index in [4.69, 9.17) is 15.9 Å². The highest BCUT2D eigenvalue weighted by Gasteiger charge is 2.36. The van der Waals surface area contributed by atoms with Crippen molar-refractivity contribution in [3.8, 4) is 0 Å². The normalized spacial score (nSPS) is 27.6. The molecule has 5 nitrogen and oxygen atoms in total. The zero-order valence-corrected chi connectivity index (χ0v) is 10.4. The van der Waals surface area contributed by atoms with Crippen molar-refractivity contribution < 1.29 is 9.84 Å². The van der Waals surface area contributed by atoms with E-state index in [1.807, 2.05) is 20.8 Å². The van der Waals surface area contributed by atoms with Gasteiger partial charge in [0.15, 0.2) is 0 Å². The molecule has 1 heterocycles. The first kappa shape index (κ1) is 13.4. The molecule has 1 aliphatic rings. The van der Waals surface area contributed by atoms with Crippen LogP contribution >= 0.6 is 0 Å². The van der Waals surface area contributed by atoms with Gasteiger partial charge in [-0.2, -0.15) is 0 Å². The fraction of sp³-hybridized carbons (Fsp3) is 0.909. The number of nitrogens with zero attached hydrogens (tertiary/aromatic N) is 1. The maximum Gasteiger partial charge on any atom is 0.108 e. The molecule has 0 saturated carbocycles. The summed E-state index contributed by atoms with van der Waals surface area (Å²) in [7, 11) is 0. The number of rotatable bonds is 4. The van der Waals surface area contributed by atoms with E-state index < -0.39 is 0 Å². The highest BCUT2D eigenvalue weighted by atomic mass is 16.5. The molecular formula is C11H23N3O2. The van der Waals surface area contributed by atoms with Gasteiger partial charge < -0.3 is 15.6 Å². The van der Waals surface area contributed by atoms with Crippen molar-refractivity contribution in [1.29, 1.82) is 5.41 Å². The molecule has 0 bridgehead atoms. The molecule has 4 N–H and O–H groups in total. The van der Waals surface area contributed by atoms with Gasteiger partial charge in [0.1, 0.15) is 5.84 Å². The number of ether oxygens (including phenoxy) is 1. The molecule has 0 spiro atoms. The summed E-state index contributed by atoms with van der Waals surface area (Å²) in [4.78, 5) is 2.13. The number of aliphatic hydroxyl groups excluding tert-OH is 1. The molecule has 0 aromatic carbocycles. The summed E-state index contributed by atoms with van der Waals surface area (Å²) in [5.74, 6) is 0.192. The second kappa shape index (κ2) is 5.12. The van der Waals surface area contributed by atoms with Crippen LogP contribution in [0.3, 0.4) is 0 Å². The Morgan fingerprint density at radius 1 is 1.69 bits per heavy atom. The van der Waals surface area contributed by atoms with Crippen molar-refractivity contribution in [2.75, 3.05) is 19.7 Å². The molecule has 0 amide bonds. The van der Waals surface area contributed by atoms with Gasteiger partial charge in [0, 0.05) is 13.1 Å². The van der Waals surface area contributed by atoms with E-state index >= 15 is 0 Å². The fourth-order valence-corrected chi connectivity index (χ4v) is 2.35. The van der Waals surface area contributed by atoms with Crippen molar-refractivity contribution in [2.45, 2.75) is 44.9 Å². The fourth-order valence-electron chi connectivity index (χ4n) is 2.35. The predicted octanol–water partition coefficient (Wildman–Crippen LogP) is 0.173. The molecule has 5 heteroatoms. The molecule has 1 saturated heterocycles. The smallest absolute Gasteiger partial charge is 0.108 e. The first-order chi connectivity index (χ1) is 7.39. The first-order valence-corrected chi connectivity index (χ1v) is 5.76. The van der Waals surface area contributed by atoms with Crippen LogP contribution in [0.2, 0.25) is 0 Å². The molecule has 2 unspecified atom stereocenters. The standard InChI is InChI=1S/C11H23N3O2/c1-4-9(10(12)13)14-5-8(6-15)16-11(2,3)7-14/h8-9,15H,4-7H2,1-3H3,(H3,12,13). The monoisotopic (exact) mass is 229 g/mol. The molecule has 0 aromatic heterocycles. The summed E-state index contributed by atoms with van der Waals surface area (Å²) < 4.78 is 5.72. The van der Waals surface area contributed by atoms with E-state index in [2.05, 4.69) is 4.90 Å². The number of nitrogens with two attached hydrogens (primary N) is 1. The molecular weight excluding hydrogens is 206 g/mol. The van der Waals surface area contributed by atoms with Crippen LogP contribution in [0.15, 0.2) is 0 Å². The number of aliphatic hydroxyl groups is 1. The highest BCUT2D eigenvalue weighted by molar-refractivity contribution is 5.82. The van der Waals surface area contributed by atoms with Gasteiger partial charge in [-0.3, -0.25) is 10.3 Å². The minimum absolute atomic E-state index is 0.00820. The van der Waals surface area contributed by atoms with Crippen LogP contribution in [-0.2, 0) is 4.74 Å². The van der Waals surface area contributed by atoms with E-state index in [1.54, 1.807) is 0 Å². The summed E-state index contributed by atoms with van der Waals surface area (Å²) in [5.41, 5.74) is 5.29. The lowest BCUT2D eigenvalue weighted by Crippen LogP contribution is -2.59. The maximum absolute atomic E-state index is 9.20. The molecule has 2 atom stereocenters. The van der Waals surface area contributed by atoms with Crippen molar-refractivity contribution in [3.63, 3.8) is 0 Å². The minimum atomic E-state index is -0.297. The Hall–Kier alpha value is -0.650. The highest BCUT2D eigenvalue weighted by Crippen LogP contribution is 2.23. The third-order valence-electron chi connectivity index (χ3n) is 2.90. The summed E-state index contributed by atoms with van der Waals surface area (Å²) in [6.07, 6.45) is 0.626. The van der Waals surface area contributed by atoms with Gasteiger partial charge in [-0.05, 0) is 20.3 Å². The average molecular weight is 229 g/mol. The summed E-state index contributed by atoms with van der Waals surface area (Å²) >= 11 is 0. The lowest BCUT2D eigenvalue weighted by Gasteiger charge is -2.45. The molecule has 0 aliphatic carbocycles. The second-order valence-corrected chi connectivity index (χ2v) is 4.99. The molecule has 16 heavy (non-hydrogen) atoms. The summed E-state index contributed by atoms with van der Waals surface area (Å²) in [5, 5.41) is 16.8. The minimum Gasteiger partial charge on any atom is -0.394 e. The SMILES string of the molecule is CCC(C(=N)N)N1CC(CO)OC(C)(C)C1. The lowest BCUT2D eigenvalue weighted by atomic mass is 10.0. The topological polar surface area (TPSA) is 82.6 Å². The van der Waals surface area contributed by atoms with Crippen molar-refractivity contribution in [2.24, 2.45) is 5.73 Å². The Labute approximate surface area is 97.1 Å². The Kier molecular flexibility index (Phi) is 4.29. The van der Waals surface area contributed by atoms with E-state index in [1.165, 1.54) is 0 Å². The van der Waals surface area contributed by atoms with Gasteiger partial charge in [0.05, 0.1) is 24.4 Å². The molecule has 1 rings (SSSR count). The maximum atomic E-state index is 9.20. The van der Waals surface area contributed by atoms with Crippen LogP contribution < -0.4 is 5.73 Å². The van der Waals surface area contributed by atoms with E-state index in [0.717, 1.165) is 13.0 Å². The van der Waals surface area contributed by atoms with Crippen molar-refractivity contribution in [1.82, 2.24) is 4.90 Å². The Morgan fingerprint density at radius 3 is 2.75 bits per heavy atom. The third-order valence-corrected chi connectivity index (χ3v) is 2.90. The zero-order valence-electron chi connectivity index (χ0n) is 10.4. The quantitative estimate of drug-likeness (QED) is 0.474. The third kappa shape index (κ3) is 3.17. The largest absolute Gasteiger partial charge is 0.394 e. The summed E-state index contributed by atoms with van der Waals surface area (Å²) in [6, 6.07) is -0.0442. The van der Waals surface area contributed by atoms with Crippen molar-refractivity contribution >= 4 is 5.84 Å². The number of hydrogen-bond acceptors (Lipinski definition) is 4. The zero-order chi connectivity index (χ0) is 12.3. The molecule has 0 aromatic rings. The van der Waals surface area contributed by atoms with Crippen LogP contribution in [0.5, 0.6) is 0 Å². The molecule has 1 fully saturated rings. The van der Waals surface area contributed by atoms with Crippen LogP contribution in [0.4, 0.5) is 0 Å². The first-order valence-electron chi connectivity index (χ1n) is 5.76. The number of hydrogen-bond donors (Lipinski definition) is 3. The number of nitrogens with one attached hydrogen (secondary N) is 1. The summed E-state index contributed by atoms with van der Waals surface area (Å²) in [6.45, 7) is 7.39. The molecule has 0 radical (unpaired) electrons. The number of amidine groups is 1. The van der Waals surface area contributed by atoms with Crippen LogP contribution in [0, 0.1) is 5.41 Å². The van der Waals surface area contributed by atoms with E-state index in [-0.39, 0.29) is 30.2 Å². The second-order valence-electron chi connectivity index (χ2n) is 4.99. The molecule has 1 aliphatic heterocycles. The van der Waals surface area contributed by atoms with Gasteiger partial charge in [-0.15, -0.1) is 0 Å². The van der Waals surface area contributed by atoms with Gasteiger partial charge >= 0.3 is 0 Å². The lowest BCUT2D eigenvalue weighted by molar-refractivity contribution is -0.152. The number of morpholine rings is 1. The van der Waals surface area contributed by atoms with E-state index in [0.29, 0.717) is 6.54 Å². The Morgan fingerprint density at radius 2 is 2.31 bits per heavy atom. The van der Waals surface area contributed by atoms with Gasteiger partial charge in [-0.1, -0.05) is 6.92 Å². The van der Waals surface area contributed by atoms with Gasteiger partial charge in [0.25, 0.3) is 0 Å². The average Bonchev–Trinajstić information content (AvgIpc) is 2.15. The Balaban J connectivity index is 2.75. The van der Waals surface area contributed by atoms with Gasteiger partial charge in [0.2, 0.25) is 0 Å². The van der Waals surface area contributed by atoms with Crippen LogP contribution in [-0.4, -0.2) is 53.3 Å². The molecule has 94 valence electrons. The predicted molar refractivity (Wildman–Crippen MR) is 63.6 cm³/mol. The van der Waals surface area contributed by atoms with E-state index in [9.17, 15) is 5.11 Å². The van der Waals surface area contributed by atoms with Gasteiger partial charge in [-0.25, -0.2) is 0 Å². The van der Waals surface area contributed by atoms with Crippen LogP contribution in [0.25, 0.3) is 0 Å².